The van der Waals surface area contributed by atoms with E-state index in [0.29, 0.717) is 16.9 Å². The average Bonchev–Trinajstić information content (AvgIpc) is 2.46. The lowest BCUT2D eigenvalue weighted by Crippen LogP contribution is -2.13. The van der Waals surface area contributed by atoms with Gasteiger partial charge in [-0.05, 0) is 34.1 Å². The summed E-state index contributed by atoms with van der Waals surface area (Å²) in [5.41, 5.74) is 6.09. The monoisotopic (exact) mass is 338 g/mol. The van der Waals surface area contributed by atoms with Gasteiger partial charge in [0.15, 0.2) is 5.84 Å². The molecule has 0 atom stereocenters. The molecule has 0 fully saturated rings. The Hall–Kier alpha value is -2.08. The molecule has 0 aliphatic rings. The summed E-state index contributed by atoms with van der Waals surface area (Å²) in [6.07, 6.45) is 0. The zero-order valence-corrected chi connectivity index (χ0v) is 12.0. The van der Waals surface area contributed by atoms with E-state index in [0.717, 1.165) is 4.47 Å². The minimum absolute atomic E-state index is 0.0882. The van der Waals surface area contributed by atoms with Gasteiger partial charge < -0.3 is 15.7 Å². The van der Waals surface area contributed by atoms with Gasteiger partial charge in [-0.1, -0.05) is 29.4 Å². The maximum absolute atomic E-state index is 13.9. The molecule has 0 heterocycles. The molecule has 0 aromatic heterocycles. The molecule has 6 heteroatoms. The van der Waals surface area contributed by atoms with Crippen LogP contribution in [0.25, 0.3) is 0 Å². The lowest BCUT2D eigenvalue weighted by atomic mass is 10.1. The maximum atomic E-state index is 13.9. The van der Waals surface area contributed by atoms with E-state index in [2.05, 4.69) is 21.1 Å². The van der Waals surface area contributed by atoms with E-state index in [1.54, 1.807) is 18.2 Å². The van der Waals surface area contributed by atoms with E-state index in [-0.39, 0.29) is 12.4 Å². The van der Waals surface area contributed by atoms with Crippen molar-refractivity contribution in [3.8, 4) is 5.75 Å². The second-order valence-corrected chi connectivity index (χ2v) is 4.86. The van der Waals surface area contributed by atoms with Gasteiger partial charge in [-0.15, -0.1) is 0 Å². The highest BCUT2D eigenvalue weighted by Gasteiger charge is 2.08. The molecule has 0 saturated heterocycles. The molecule has 0 unspecified atom stereocenters. The third-order valence-corrected chi connectivity index (χ3v) is 3.33. The number of para-hydroxylation sites is 1. The number of benzene rings is 2. The first kappa shape index (κ1) is 14.3. The number of nitrogens with two attached hydrogens (primary N) is 1. The summed E-state index contributed by atoms with van der Waals surface area (Å²) in [5.74, 6) is 0.0238. The van der Waals surface area contributed by atoms with Crippen molar-refractivity contribution in [3.63, 3.8) is 0 Å². The number of hydrogen-bond acceptors (Lipinski definition) is 3. The number of nitrogens with zero attached hydrogens (tertiary/aromatic N) is 1. The molecule has 20 heavy (non-hydrogen) atoms. The SMILES string of the molecule is N/C(=N\O)c1ccc(COc2ccccc2Br)c(F)c1. The Balaban J connectivity index is 2.13. The minimum atomic E-state index is -0.471. The number of oxime groups is 1. The summed E-state index contributed by atoms with van der Waals surface area (Å²) in [5, 5.41) is 11.4. The Kier molecular flexibility index (Phi) is 4.57. The summed E-state index contributed by atoms with van der Waals surface area (Å²) in [6.45, 7) is 0.0882. The van der Waals surface area contributed by atoms with E-state index < -0.39 is 5.82 Å². The van der Waals surface area contributed by atoms with Crippen LogP contribution in [0, 0.1) is 5.82 Å². The van der Waals surface area contributed by atoms with Crippen molar-refractivity contribution >= 4 is 21.8 Å². The smallest absolute Gasteiger partial charge is 0.170 e. The van der Waals surface area contributed by atoms with Crippen molar-refractivity contribution in [2.75, 3.05) is 0 Å². The Morgan fingerprint density at radius 2 is 2.05 bits per heavy atom. The topological polar surface area (TPSA) is 67.8 Å². The standard InChI is InChI=1S/C14H12BrFN2O2/c15-11-3-1-2-4-13(11)20-8-10-6-5-9(7-12(10)16)14(17)18-19/h1-7,19H,8H2,(H2,17,18). The first-order valence-electron chi connectivity index (χ1n) is 5.75. The lowest BCUT2D eigenvalue weighted by molar-refractivity contribution is 0.298. The van der Waals surface area contributed by atoms with Crippen LogP contribution in [0.3, 0.4) is 0 Å². The van der Waals surface area contributed by atoms with Crippen LogP contribution in [0.5, 0.6) is 5.75 Å². The number of rotatable bonds is 4. The largest absolute Gasteiger partial charge is 0.488 e. The van der Waals surface area contributed by atoms with Crippen LogP contribution in [0.15, 0.2) is 52.1 Å². The Morgan fingerprint density at radius 1 is 1.30 bits per heavy atom. The predicted molar refractivity (Wildman–Crippen MR) is 77.4 cm³/mol. The predicted octanol–water partition coefficient (Wildman–Crippen LogP) is 3.26. The van der Waals surface area contributed by atoms with E-state index >= 15 is 0 Å². The van der Waals surface area contributed by atoms with Crippen LogP contribution >= 0.6 is 15.9 Å². The summed E-state index contributed by atoms with van der Waals surface area (Å²) in [6, 6.07) is 11.6. The molecule has 2 aromatic carbocycles. The highest BCUT2D eigenvalue weighted by atomic mass is 79.9. The minimum Gasteiger partial charge on any atom is -0.488 e. The second-order valence-electron chi connectivity index (χ2n) is 4.01. The van der Waals surface area contributed by atoms with E-state index in [1.807, 2.05) is 18.2 Å². The van der Waals surface area contributed by atoms with Crippen molar-refractivity contribution in [1.29, 1.82) is 0 Å². The summed E-state index contributed by atoms with van der Waals surface area (Å²) >= 11 is 3.35. The number of halogens is 2. The molecule has 0 aliphatic heterocycles. The van der Waals surface area contributed by atoms with Gasteiger partial charge in [0.05, 0.1) is 4.47 Å². The molecule has 0 bridgehead atoms. The van der Waals surface area contributed by atoms with Crippen LogP contribution < -0.4 is 10.5 Å². The molecule has 2 rings (SSSR count). The Bertz CT molecular complexity index is 647. The van der Waals surface area contributed by atoms with Crippen molar-refractivity contribution in [2.24, 2.45) is 10.9 Å². The van der Waals surface area contributed by atoms with Crippen LogP contribution in [0.2, 0.25) is 0 Å². The second kappa shape index (κ2) is 6.38. The molecule has 0 spiro atoms. The van der Waals surface area contributed by atoms with Gasteiger partial charge in [0.2, 0.25) is 0 Å². The van der Waals surface area contributed by atoms with Crippen molar-refractivity contribution in [2.45, 2.75) is 6.61 Å². The van der Waals surface area contributed by atoms with Gasteiger partial charge in [-0.3, -0.25) is 0 Å². The van der Waals surface area contributed by atoms with Crippen LogP contribution in [0.1, 0.15) is 11.1 Å². The number of ether oxygens (including phenoxy) is 1. The van der Waals surface area contributed by atoms with Gasteiger partial charge in [0.25, 0.3) is 0 Å². The van der Waals surface area contributed by atoms with Gasteiger partial charge in [-0.25, -0.2) is 4.39 Å². The van der Waals surface area contributed by atoms with Gasteiger partial charge in [-0.2, -0.15) is 0 Å². The maximum Gasteiger partial charge on any atom is 0.170 e. The third kappa shape index (κ3) is 3.27. The Morgan fingerprint density at radius 3 is 2.70 bits per heavy atom. The fraction of sp³-hybridized carbons (Fsp3) is 0.0714. The normalized spacial score (nSPS) is 11.4. The fourth-order valence-corrected chi connectivity index (χ4v) is 2.00. The molecule has 0 amide bonds. The summed E-state index contributed by atoms with van der Waals surface area (Å²) in [7, 11) is 0. The molecule has 4 nitrogen and oxygen atoms in total. The molecule has 3 N–H and O–H groups in total. The lowest BCUT2D eigenvalue weighted by Gasteiger charge is -2.09. The molecule has 104 valence electrons. The van der Waals surface area contributed by atoms with Crippen molar-refractivity contribution < 1.29 is 14.3 Å². The third-order valence-electron chi connectivity index (χ3n) is 2.68. The van der Waals surface area contributed by atoms with Crippen molar-refractivity contribution in [3.05, 3.63) is 63.9 Å². The van der Waals surface area contributed by atoms with E-state index in [1.165, 1.54) is 6.07 Å². The average molecular weight is 339 g/mol. The molecular weight excluding hydrogens is 327 g/mol. The number of hydrogen-bond donors (Lipinski definition) is 2. The molecular formula is C14H12BrFN2O2. The fourth-order valence-electron chi connectivity index (χ4n) is 1.60. The van der Waals surface area contributed by atoms with Crippen LogP contribution in [0.4, 0.5) is 4.39 Å². The van der Waals surface area contributed by atoms with Crippen LogP contribution in [-0.2, 0) is 6.61 Å². The number of amidine groups is 1. The quantitative estimate of drug-likeness (QED) is 0.389. The van der Waals surface area contributed by atoms with Gasteiger partial charge >= 0.3 is 0 Å². The molecule has 2 aromatic rings. The first-order chi connectivity index (χ1) is 9.61. The molecule has 0 saturated carbocycles. The summed E-state index contributed by atoms with van der Waals surface area (Å²) < 4.78 is 20.2. The van der Waals surface area contributed by atoms with E-state index in [4.69, 9.17) is 15.7 Å². The highest BCUT2D eigenvalue weighted by molar-refractivity contribution is 9.10. The van der Waals surface area contributed by atoms with Crippen molar-refractivity contribution in [1.82, 2.24) is 0 Å². The van der Waals surface area contributed by atoms with Gasteiger partial charge in [0, 0.05) is 11.1 Å². The zero-order chi connectivity index (χ0) is 14.5. The molecule has 0 radical (unpaired) electrons. The summed E-state index contributed by atoms with van der Waals surface area (Å²) in [4.78, 5) is 0. The van der Waals surface area contributed by atoms with E-state index in [9.17, 15) is 4.39 Å². The zero-order valence-electron chi connectivity index (χ0n) is 10.4. The molecule has 0 aliphatic carbocycles. The van der Waals surface area contributed by atoms with Crippen LogP contribution in [-0.4, -0.2) is 11.0 Å². The Labute approximate surface area is 123 Å². The first-order valence-corrected chi connectivity index (χ1v) is 6.54. The van der Waals surface area contributed by atoms with Gasteiger partial charge in [0.1, 0.15) is 18.2 Å². The highest BCUT2D eigenvalue weighted by Crippen LogP contribution is 2.25.